The van der Waals surface area contributed by atoms with Crippen LogP contribution < -0.4 is 23.7 Å². The fourth-order valence-corrected chi connectivity index (χ4v) is 3.17. The van der Waals surface area contributed by atoms with Crippen molar-refractivity contribution < 1.29 is 27.4 Å². The molecule has 0 atom stereocenters. The van der Waals surface area contributed by atoms with Gasteiger partial charge in [-0.15, -0.1) is 0 Å². The first-order valence-electron chi connectivity index (χ1n) is 6.92. The van der Waals surface area contributed by atoms with E-state index < -0.39 is 10.0 Å². The molecule has 0 fully saturated rings. The van der Waals surface area contributed by atoms with Gasteiger partial charge in [-0.05, 0) is 24.3 Å². The first-order chi connectivity index (χ1) is 11.4. The molecule has 130 valence electrons. The number of anilines is 1. The van der Waals surface area contributed by atoms with Crippen LogP contribution >= 0.6 is 0 Å². The standard InChI is InChI=1S/C16H19NO6S/c1-20-12-7-5-11(6-8-12)17-24(18,19)13-9-14(21-2)16(23-4)15(10-13)22-3/h5-10,17H,1-4H3. The van der Waals surface area contributed by atoms with E-state index in [1.165, 1.54) is 40.6 Å². The molecule has 2 rings (SSSR count). The number of rotatable bonds is 7. The molecule has 0 unspecified atom stereocenters. The highest BCUT2D eigenvalue weighted by molar-refractivity contribution is 7.92. The van der Waals surface area contributed by atoms with Crippen LogP contribution in [0.25, 0.3) is 0 Å². The van der Waals surface area contributed by atoms with Gasteiger partial charge in [0.05, 0.1) is 33.3 Å². The van der Waals surface area contributed by atoms with Crippen LogP contribution in [0.1, 0.15) is 0 Å². The molecular formula is C16H19NO6S. The second-order valence-electron chi connectivity index (χ2n) is 4.70. The first kappa shape index (κ1) is 17.7. The summed E-state index contributed by atoms with van der Waals surface area (Å²) in [5, 5.41) is 0. The highest BCUT2D eigenvalue weighted by Crippen LogP contribution is 2.39. The summed E-state index contributed by atoms with van der Waals surface area (Å²) in [4.78, 5) is -0.00665. The van der Waals surface area contributed by atoms with Gasteiger partial charge in [-0.2, -0.15) is 0 Å². The van der Waals surface area contributed by atoms with Crippen molar-refractivity contribution in [3.63, 3.8) is 0 Å². The lowest BCUT2D eigenvalue weighted by Gasteiger charge is -2.15. The maximum atomic E-state index is 12.6. The topological polar surface area (TPSA) is 83.1 Å². The van der Waals surface area contributed by atoms with Crippen LogP contribution in [0.15, 0.2) is 41.3 Å². The van der Waals surface area contributed by atoms with Crippen molar-refractivity contribution in [3.05, 3.63) is 36.4 Å². The zero-order valence-corrected chi connectivity index (χ0v) is 14.6. The lowest BCUT2D eigenvalue weighted by atomic mass is 10.3. The van der Waals surface area contributed by atoms with Crippen LogP contribution in [0.3, 0.4) is 0 Å². The molecule has 0 aromatic heterocycles. The van der Waals surface area contributed by atoms with Gasteiger partial charge in [-0.25, -0.2) is 8.42 Å². The third kappa shape index (κ3) is 3.65. The Hall–Kier alpha value is -2.61. The van der Waals surface area contributed by atoms with Crippen LogP contribution in [0.4, 0.5) is 5.69 Å². The molecular weight excluding hydrogens is 334 g/mol. The largest absolute Gasteiger partial charge is 0.497 e. The van der Waals surface area contributed by atoms with E-state index in [-0.39, 0.29) is 16.4 Å². The van der Waals surface area contributed by atoms with Crippen molar-refractivity contribution >= 4 is 15.7 Å². The predicted molar refractivity (Wildman–Crippen MR) is 89.9 cm³/mol. The molecule has 2 aromatic carbocycles. The van der Waals surface area contributed by atoms with Crippen molar-refractivity contribution in [2.24, 2.45) is 0 Å². The van der Waals surface area contributed by atoms with Gasteiger partial charge < -0.3 is 18.9 Å². The second kappa shape index (κ2) is 7.31. The number of hydrogen-bond donors (Lipinski definition) is 1. The van der Waals surface area contributed by atoms with E-state index in [1.54, 1.807) is 24.3 Å². The summed E-state index contributed by atoms with van der Waals surface area (Å²) >= 11 is 0. The van der Waals surface area contributed by atoms with Crippen LogP contribution in [-0.4, -0.2) is 36.9 Å². The molecule has 1 N–H and O–H groups in total. The Morgan fingerprint density at radius 1 is 0.792 bits per heavy atom. The fraction of sp³-hybridized carbons (Fsp3) is 0.250. The Labute approximate surface area is 141 Å². The molecule has 24 heavy (non-hydrogen) atoms. The average Bonchev–Trinajstić information content (AvgIpc) is 2.60. The van der Waals surface area contributed by atoms with E-state index in [4.69, 9.17) is 18.9 Å². The molecule has 0 heterocycles. The molecule has 0 aliphatic rings. The summed E-state index contributed by atoms with van der Waals surface area (Å²) in [6, 6.07) is 9.27. The molecule has 8 heteroatoms. The zero-order valence-electron chi connectivity index (χ0n) is 13.8. The molecule has 7 nitrogen and oxygen atoms in total. The van der Waals surface area contributed by atoms with Gasteiger partial charge in [0.25, 0.3) is 10.0 Å². The van der Waals surface area contributed by atoms with Crippen molar-refractivity contribution in [2.75, 3.05) is 33.2 Å². The van der Waals surface area contributed by atoms with Crippen molar-refractivity contribution in [2.45, 2.75) is 4.90 Å². The molecule has 0 amide bonds. The van der Waals surface area contributed by atoms with E-state index in [0.717, 1.165) is 0 Å². The SMILES string of the molecule is COc1ccc(NS(=O)(=O)c2cc(OC)c(OC)c(OC)c2)cc1. The summed E-state index contributed by atoms with van der Waals surface area (Å²) in [5.41, 5.74) is 0.407. The monoisotopic (exact) mass is 353 g/mol. The summed E-state index contributed by atoms with van der Waals surface area (Å²) in [5.74, 6) is 1.47. The number of hydrogen-bond acceptors (Lipinski definition) is 6. The maximum absolute atomic E-state index is 12.6. The minimum Gasteiger partial charge on any atom is -0.497 e. The Bertz CT molecular complexity index is 777. The van der Waals surface area contributed by atoms with E-state index in [2.05, 4.69) is 4.72 Å². The van der Waals surface area contributed by atoms with Gasteiger partial charge in [-0.1, -0.05) is 0 Å². The summed E-state index contributed by atoms with van der Waals surface area (Å²) < 4.78 is 48.3. The normalized spacial score (nSPS) is 10.8. The first-order valence-corrected chi connectivity index (χ1v) is 8.40. The minimum atomic E-state index is -3.83. The molecule has 0 saturated heterocycles. The van der Waals surface area contributed by atoms with Crippen LogP contribution in [-0.2, 0) is 10.0 Å². The molecule has 2 aromatic rings. The van der Waals surface area contributed by atoms with Crippen LogP contribution in [0.5, 0.6) is 23.0 Å². The molecule has 0 spiro atoms. The van der Waals surface area contributed by atoms with E-state index >= 15 is 0 Å². The van der Waals surface area contributed by atoms with Crippen molar-refractivity contribution in [3.8, 4) is 23.0 Å². The molecule has 0 aliphatic carbocycles. The Kier molecular flexibility index (Phi) is 5.40. The number of ether oxygens (including phenoxy) is 4. The quantitative estimate of drug-likeness (QED) is 0.823. The number of benzene rings is 2. The summed E-state index contributed by atoms with van der Waals surface area (Å²) in [7, 11) is 2.00. The zero-order chi connectivity index (χ0) is 17.7. The van der Waals surface area contributed by atoms with Gasteiger partial charge in [0.15, 0.2) is 11.5 Å². The van der Waals surface area contributed by atoms with E-state index in [1.807, 2.05) is 0 Å². The highest BCUT2D eigenvalue weighted by atomic mass is 32.2. The minimum absolute atomic E-state index is 0.00665. The lowest BCUT2D eigenvalue weighted by Crippen LogP contribution is -2.13. The maximum Gasteiger partial charge on any atom is 0.262 e. The van der Waals surface area contributed by atoms with Crippen molar-refractivity contribution in [1.82, 2.24) is 0 Å². The van der Waals surface area contributed by atoms with Crippen molar-refractivity contribution in [1.29, 1.82) is 0 Å². The van der Waals surface area contributed by atoms with E-state index in [0.29, 0.717) is 17.2 Å². The Balaban J connectivity index is 2.40. The number of methoxy groups -OCH3 is 4. The van der Waals surface area contributed by atoms with Crippen LogP contribution in [0, 0.1) is 0 Å². The van der Waals surface area contributed by atoms with Gasteiger partial charge >= 0.3 is 0 Å². The Morgan fingerprint density at radius 3 is 1.75 bits per heavy atom. The third-order valence-electron chi connectivity index (χ3n) is 3.29. The number of sulfonamides is 1. The molecule has 0 bridgehead atoms. The smallest absolute Gasteiger partial charge is 0.262 e. The Morgan fingerprint density at radius 2 is 1.33 bits per heavy atom. The highest BCUT2D eigenvalue weighted by Gasteiger charge is 2.21. The van der Waals surface area contributed by atoms with Gasteiger partial charge in [0, 0.05) is 17.8 Å². The third-order valence-corrected chi connectivity index (χ3v) is 4.65. The van der Waals surface area contributed by atoms with Gasteiger partial charge in [0.1, 0.15) is 5.75 Å². The molecule has 0 radical (unpaired) electrons. The van der Waals surface area contributed by atoms with Crippen LogP contribution in [0.2, 0.25) is 0 Å². The molecule has 0 aliphatic heterocycles. The second-order valence-corrected chi connectivity index (χ2v) is 6.38. The summed E-state index contributed by atoms with van der Waals surface area (Å²) in [6.07, 6.45) is 0. The summed E-state index contributed by atoms with van der Waals surface area (Å²) in [6.45, 7) is 0. The average molecular weight is 353 g/mol. The van der Waals surface area contributed by atoms with Gasteiger partial charge in [0.2, 0.25) is 5.75 Å². The molecule has 0 saturated carbocycles. The number of nitrogens with one attached hydrogen (secondary N) is 1. The lowest BCUT2D eigenvalue weighted by molar-refractivity contribution is 0.323. The van der Waals surface area contributed by atoms with Gasteiger partial charge in [-0.3, -0.25) is 4.72 Å². The predicted octanol–water partition coefficient (Wildman–Crippen LogP) is 2.52. The van der Waals surface area contributed by atoms with E-state index in [9.17, 15) is 8.42 Å². The fourth-order valence-electron chi connectivity index (χ4n) is 2.09.